The maximum atomic E-state index is 5.67. The molecular weight excluding hydrogens is 153 g/mol. The van der Waals surface area contributed by atoms with E-state index in [0.717, 1.165) is 11.4 Å². The Hall–Kier alpha value is -0.648. The minimum atomic E-state index is -1.01. The number of anilines is 1. The SMILES string of the molecule is [CH3][Al]([CH3])[O]c1ccccc1N. The van der Waals surface area contributed by atoms with Crippen LogP contribution in [0.25, 0.3) is 0 Å². The van der Waals surface area contributed by atoms with Crippen molar-refractivity contribution in [1.29, 1.82) is 0 Å². The Labute approximate surface area is 71.7 Å². The maximum absolute atomic E-state index is 5.67. The van der Waals surface area contributed by atoms with E-state index in [-0.39, 0.29) is 0 Å². The number of hydrogen-bond acceptors (Lipinski definition) is 2. The lowest BCUT2D eigenvalue weighted by atomic mass is 10.3. The lowest BCUT2D eigenvalue weighted by molar-refractivity contribution is 0.583. The molecule has 0 aliphatic heterocycles. The van der Waals surface area contributed by atoms with Crippen molar-refractivity contribution in [3.8, 4) is 5.75 Å². The van der Waals surface area contributed by atoms with E-state index in [9.17, 15) is 0 Å². The summed E-state index contributed by atoms with van der Waals surface area (Å²) in [5.41, 5.74) is 6.40. The number of benzene rings is 1. The number of rotatable bonds is 2. The van der Waals surface area contributed by atoms with Crippen LogP contribution in [0.3, 0.4) is 0 Å². The Morgan fingerprint density at radius 1 is 1.27 bits per heavy atom. The van der Waals surface area contributed by atoms with Gasteiger partial charge in [0.15, 0.2) is 0 Å². The molecule has 0 heterocycles. The predicted molar refractivity (Wildman–Crippen MR) is 49.0 cm³/mol. The molecule has 0 aliphatic rings. The van der Waals surface area contributed by atoms with E-state index in [1.165, 1.54) is 0 Å². The van der Waals surface area contributed by atoms with E-state index in [1.54, 1.807) is 0 Å². The van der Waals surface area contributed by atoms with Crippen LogP contribution < -0.4 is 9.52 Å². The van der Waals surface area contributed by atoms with Crippen molar-refractivity contribution < 1.29 is 3.79 Å². The molecular formula is C8H12AlNO. The zero-order valence-corrected chi connectivity index (χ0v) is 8.03. The molecule has 0 aromatic heterocycles. The van der Waals surface area contributed by atoms with E-state index >= 15 is 0 Å². The second kappa shape index (κ2) is 3.66. The van der Waals surface area contributed by atoms with Crippen molar-refractivity contribution in [3.63, 3.8) is 0 Å². The average molecular weight is 165 g/mol. The first-order chi connectivity index (χ1) is 5.20. The van der Waals surface area contributed by atoms with Crippen LogP contribution in [0.5, 0.6) is 5.75 Å². The fourth-order valence-corrected chi connectivity index (χ4v) is 1.56. The van der Waals surface area contributed by atoms with Gasteiger partial charge in [-0.05, 0) is 12.1 Å². The first-order valence-corrected chi connectivity index (χ1v) is 6.49. The average Bonchev–Trinajstić information content (AvgIpc) is 1.93. The van der Waals surface area contributed by atoms with Crippen LogP contribution in [0.2, 0.25) is 11.6 Å². The highest BCUT2D eigenvalue weighted by Gasteiger charge is 2.07. The molecule has 0 spiro atoms. The topological polar surface area (TPSA) is 35.2 Å². The van der Waals surface area contributed by atoms with Crippen LogP contribution in [-0.4, -0.2) is 14.5 Å². The highest BCUT2D eigenvalue weighted by Crippen LogP contribution is 2.19. The van der Waals surface area contributed by atoms with Gasteiger partial charge in [-0.2, -0.15) is 0 Å². The van der Waals surface area contributed by atoms with Crippen molar-refractivity contribution in [2.24, 2.45) is 0 Å². The number of nitrogen functional groups attached to an aromatic ring is 1. The molecule has 0 amide bonds. The molecule has 0 bridgehead atoms. The number of hydrogen-bond donors (Lipinski definition) is 1. The smallest absolute Gasteiger partial charge is 0.540 e. The molecule has 0 radical (unpaired) electrons. The fraction of sp³-hybridized carbons (Fsp3) is 0.250. The van der Waals surface area contributed by atoms with Gasteiger partial charge in [-0.3, -0.25) is 0 Å². The molecule has 1 aromatic carbocycles. The Balaban J connectivity index is 2.78. The van der Waals surface area contributed by atoms with Crippen molar-refractivity contribution in [2.75, 3.05) is 5.73 Å². The summed E-state index contributed by atoms with van der Waals surface area (Å²) in [7, 11) is 0. The van der Waals surface area contributed by atoms with Gasteiger partial charge in [-0.15, -0.1) is 0 Å². The minimum Gasteiger partial charge on any atom is -0.641 e. The second-order valence-electron chi connectivity index (χ2n) is 2.70. The predicted octanol–water partition coefficient (Wildman–Crippen LogP) is 1.90. The molecule has 0 unspecified atom stereocenters. The molecule has 58 valence electrons. The Bertz CT molecular complexity index is 237. The first kappa shape index (κ1) is 8.45. The third kappa shape index (κ3) is 2.45. The third-order valence-electron chi connectivity index (χ3n) is 1.28. The quantitative estimate of drug-likeness (QED) is 0.536. The summed E-state index contributed by atoms with van der Waals surface area (Å²) in [6.07, 6.45) is 0. The van der Waals surface area contributed by atoms with E-state index in [1.807, 2.05) is 24.3 Å². The van der Waals surface area contributed by atoms with Crippen molar-refractivity contribution >= 4 is 20.2 Å². The standard InChI is InChI=1S/C6H7NO.2CH3.Al/c7-5-3-1-2-4-6(5)8;;;/h1-4,8H,7H2;2*1H3;/q;;;+1/p-1. The molecule has 0 saturated carbocycles. The molecule has 11 heavy (non-hydrogen) atoms. The maximum Gasteiger partial charge on any atom is 0.540 e. The summed E-state index contributed by atoms with van der Waals surface area (Å²) in [5, 5.41) is 0. The molecule has 0 atom stereocenters. The normalized spacial score (nSPS) is 9.27. The van der Waals surface area contributed by atoms with Crippen LogP contribution in [-0.2, 0) is 0 Å². The fourth-order valence-electron chi connectivity index (χ4n) is 0.842. The van der Waals surface area contributed by atoms with E-state index in [4.69, 9.17) is 9.52 Å². The molecule has 0 saturated heterocycles. The summed E-state index contributed by atoms with van der Waals surface area (Å²) in [5.74, 6) is 5.06. The van der Waals surface area contributed by atoms with Gasteiger partial charge in [0.25, 0.3) is 0 Å². The summed E-state index contributed by atoms with van der Waals surface area (Å²) in [4.78, 5) is 0. The molecule has 0 fully saturated rings. The van der Waals surface area contributed by atoms with Gasteiger partial charge in [-0.1, -0.05) is 23.7 Å². The number of para-hydroxylation sites is 2. The van der Waals surface area contributed by atoms with E-state index < -0.39 is 14.5 Å². The van der Waals surface area contributed by atoms with E-state index in [0.29, 0.717) is 0 Å². The molecule has 1 aromatic rings. The second-order valence-corrected chi connectivity index (χ2v) is 5.04. The highest BCUT2D eigenvalue weighted by atomic mass is 27.2. The Kier molecular flexibility index (Phi) is 2.81. The van der Waals surface area contributed by atoms with Gasteiger partial charge in [0.1, 0.15) is 5.75 Å². The minimum absolute atomic E-state index is 0.730. The van der Waals surface area contributed by atoms with Crippen LogP contribution in [0, 0.1) is 0 Å². The van der Waals surface area contributed by atoms with Gasteiger partial charge in [0, 0.05) is 0 Å². The number of nitrogens with two attached hydrogens (primary N) is 1. The third-order valence-corrected chi connectivity index (χ3v) is 2.01. The highest BCUT2D eigenvalue weighted by molar-refractivity contribution is 6.49. The summed E-state index contributed by atoms with van der Waals surface area (Å²) in [6.45, 7) is 0. The van der Waals surface area contributed by atoms with Crippen molar-refractivity contribution in [1.82, 2.24) is 0 Å². The van der Waals surface area contributed by atoms with Gasteiger partial charge in [-0.25, -0.2) is 0 Å². The summed E-state index contributed by atoms with van der Waals surface area (Å²) >= 11 is -1.01. The zero-order chi connectivity index (χ0) is 8.27. The zero-order valence-electron chi connectivity index (χ0n) is 6.87. The largest absolute Gasteiger partial charge is 0.641 e. The van der Waals surface area contributed by atoms with Crippen LogP contribution in [0.4, 0.5) is 5.69 Å². The lowest BCUT2D eigenvalue weighted by Gasteiger charge is -2.09. The van der Waals surface area contributed by atoms with Gasteiger partial charge < -0.3 is 9.52 Å². The molecule has 2 N–H and O–H groups in total. The molecule has 1 rings (SSSR count). The van der Waals surface area contributed by atoms with Gasteiger partial charge in [0.05, 0.1) is 5.69 Å². The molecule has 2 nitrogen and oxygen atoms in total. The van der Waals surface area contributed by atoms with Crippen LogP contribution in [0.1, 0.15) is 0 Å². The van der Waals surface area contributed by atoms with Crippen LogP contribution in [0.15, 0.2) is 24.3 Å². The van der Waals surface area contributed by atoms with E-state index in [2.05, 4.69) is 11.6 Å². The summed E-state index contributed by atoms with van der Waals surface area (Å²) in [6, 6.07) is 7.60. The Morgan fingerprint density at radius 2 is 1.91 bits per heavy atom. The van der Waals surface area contributed by atoms with Crippen molar-refractivity contribution in [3.05, 3.63) is 24.3 Å². The van der Waals surface area contributed by atoms with Crippen LogP contribution >= 0.6 is 0 Å². The van der Waals surface area contributed by atoms with Gasteiger partial charge in [0.2, 0.25) is 0 Å². The Morgan fingerprint density at radius 3 is 2.45 bits per heavy atom. The lowest BCUT2D eigenvalue weighted by Crippen LogP contribution is -2.12. The summed E-state index contributed by atoms with van der Waals surface area (Å²) < 4.78 is 5.56. The molecule has 0 aliphatic carbocycles. The molecule has 3 heteroatoms. The monoisotopic (exact) mass is 165 g/mol. The van der Waals surface area contributed by atoms with Crippen molar-refractivity contribution in [2.45, 2.75) is 11.6 Å². The van der Waals surface area contributed by atoms with Gasteiger partial charge >= 0.3 is 14.5 Å². The first-order valence-electron chi connectivity index (χ1n) is 3.71.